The van der Waals surface area contributed by atoms with Gasteiger partial charge in [0.05, 0.1) is 0 Å². The number of aromatic nitrogens is 3. The van der Waals surface area contributed by atoms with Crippen LogP contribution in [0.1, 0.15) is 42.3 Å². The lowest BCUT2D eigenvalue weighted by atomic mass is 10.1. The maximum Gasteiger partial charge on any atom is 0.232 e. The molecule has 0 unspecified atom stereocenters. The molecule has 3 rings (SSSR count). The van der Waals surface area contributed by atoms with E-state index in [2.05, 4.69) is 82.8 Å². The summed E-state index contributed by atoms with van der Waals surface area (Å²) in [6.07, 6.45) is 3.54. The van der Waals surface area contributed by atoms with Gasteiger partial charge >= 0.3 is 0 Å². The van der Waals surface area contributed by atoms with E-state index in [9.17, 15) is 0 Å². The fraction of sp³-hybridized carbons (Fsp3) is 0.318. The van der Waals surface area contributed by atoms with Gasteiger partial charge in [-0.3, -0.25) is 0 Å². The molecule has 0 aliphatic carbocycles. The standard InChI is InChI=1S/C22H27N5/c1-5-6-7-18-9-11-19(12-10-18)25-21-23-17(4)24-22(27-21)26-20-13-8-15(2)14-16(20)3/h8-14H,5-7H2,1-4H3,(H2,23,24,25,26,27). The molecule has 0 atom stereocenters. The minimum atomic E-state index is 0.538. The number of benzene rings is 2. The first kappa shape index (κ1) is 18.8. The van der Waals surface area contributed by atoms with Crippen molar-refractivity contribution < 1.29 is 0 Å². The summed E-state index contributed by atoms with van der Waals surface area (Å²) in [4.78, 5) is 13.3. The first-order chi connectivity index (χ1) is 13.0. The average molecular weight is 361 g/mol. The van der Waals surface area contributed by atoms with Crippen molar-refractivity contribution in [3.05, 3.63) is 65.0 Å². The molecule has 0 radical (unpaired) electrons. The van der Waals surface area contributed by atoms with Crippen LogP contribution in [-0.2, 0) is 6.42 Å². The second kappa shape index (κ2) is 8.62. The Hall–Kier alpha value is -2.95. The molecular weight excluding hydrogens is 334 g/mol. The predicted molar refractivity (Wildman–Crippen MR) is 112 cm³/mol. The zero-order valence-electron chi connectivity index (χ0n) is 16.5. The van der Waals surface area contributed by atoms with Gasteiger partial charge in [-0.25, -0.2) is 0 Å². The van der Waals surface area contributed by atoms with E-state index >= 15 is 0 Å². The van der Waals surface area contributed by atoms with Crippen molar-refractivity contribution >= 4 is 23.3 Å². The number of nitrogens with one attached hydrogen (secondary N) is 2. The van der Waals surface area contributed by atoms with E-state index in [1.807, 2.05) is 13.0 Å². The highest BCUT2D eigenvalue weighted by Crippen LogP contribution is 2.21. The molecule has 0 saturated carbocycles. The van der Waals surface area contributed by atoms with Crippen LogP contribution in [0.5, 0.6) is 0 Å². The Labute approximate surface area is 161 Å². The monoisotopic (exact) mass is 361 g/mol. The zero-order chi connectivity index (χ0) is 19.2. The molecule has 140 valence electrons. The van der Waals surface area contributed by atoms with Crippen LogP contribution < -0.4 is 10.6 Å². The number of hydrogen-bond acceptors (Lipinski definition) is 5. The molecule has 2 aromatic carbocycles. The lowest BCUT2D eigenvalue weighted by molar-refractivity contribution is 0.795. The first-order valence-electron chi connectivity index (χ1n) is 9.46. The summed E-state index contributed by atoms with van der Waals surface area (Å²) in [6, 6.07) is 14.7. The van der Waals surface area contributed by atoms with Crippen LogP contribution in [0.25, 0.3) is 0 Å². The smallest absolute Gasteiger partial charge is 0.232 e. The van der Waals surface area contributed by atoms with Gasteiger partial charge in [0, 0.05) is 11.4 Å². The Morgan fingerprint density at radius 3 is 2.19 bits per heavy atom. The maximum absolute atomic E-state index is 4.52. The molecule has 0 amide bonds. The minimum absolute atomic E-state index is 0.538. The van der Waals surface area contributed by atoms with Gasteiger partial charge < -0.3 is 10.6 Å². The van der Waals surface area contributed by atoms with Gasteiger partial charge in [-0.1, -0.05) is 43.2 Å². The molecule has 0 aliphatic rings. The second-order valence-corrected chi connectivity index (χ2v) is 6.90. The third-order valence-corrected chi connectivity index (χ3v) is 4.40. The van der Waals surface area contributed by atoms with Crippen LogP contribution in [0.2, 0.25) is 0 Å². The number of hydrogen-bond donors (Lipinski definition) is 2. The van der Waals surface area contributed by atoms with Gasteiger partial charge in [-0.05, 0) is 62.9 Å². The van der Waals surface area contributed by atoms with E-state index in [0.717, 1.165) is 23.4 Å². The van der Waals surface area contributed by atoms with E-state index in [-0.39, 0.29) is 0 Å². The number of aryl methyl sites for hydroxylation is 4. The summed E-state index contributed by atoms with van der Waals surface area (Å²) < 4.78 is 0. The molecule has 2 N–H and O–H groups in total. The fourth-order valence-corrected chi connectivity index (χ4v) is 2.93. The lowest BCUT2D eigenvalue weighted by Crippen LogP contribution is -2.06. The van der Waals surface area contributed by atoms with E-state index in [1.54, 1.807) is 0 Å². The summed E-state index contributed by atoms with van der Waals surface area (Å²) in [5, 5.41) is 6.57. The first-order valence-corrected chi connectivity index (χ1v) is 9.46. The van der Waals surface area contributed by atoms with Gasteiger partial charge in [0.15, 0.2) is 0 Å². The highest BCUT2D eigenvalue weighted by atomic mass is 15.2. The average Bonchev–Trinajstić information content (AvgIpc) is 2.63. The van der Waals surface area contributed by atoms with Crippen molar-refractivity contribution in [2.45, 2.75) is 47.0 Å². The summed E-state index contributed by atoms with van der Waals surface area (Å²) in [5.74, 6) is 1.74. The van der Waals surface area contributed by atoms with Crippen molar-refractivity contribution in [2.24, 2.45) is 0 Å². The van der Waals surface area contributed by atoms with Gasteiger partial charge in [0.1, 0.15) is 5.82 Å². The molecular formula is C22H27N5. The topological polar surface area (TPSA) is 62.7 Å². The van der Waals surface area contributed by atoms with Crippen LogP contribution in [-0.4, -0.2) is 15.0 Å². The van der Waals surface area contributed by atoms with Crippen molar-refractivity contribution in [3.63, 3.8) is 0 Å². The van der Waals surface area contributed by atoms with Crippen molar-refractivity contribution in [1.82, 2.24) is 15.0 Å². The third kappa shape index (κ3) is 5.26. The van der Waals surface area contributed by atoms with Crippen LogP contribution in [0.3, 0.4) is 0 Å². The zero-order valence-corrected chi connectivity index (χ0v) is 16.5. The molecule has 0 bridgehead atoms. The molecule has 0 fully saturated rings. The largest absolute Gasteiger partial charge is 0.324 e. The Kier molecular flexibility index (Phi) is 6.01. The Morgan fingerprint density at radius 1 is 0.815 bits per heavy atom. The molecule has 5 nitrogen and oxygen atoms in total. The van der Waals surface area contributed by atoms with E-state index in [1.165, 1.54) is 24.0 Å². The Balaban J connectivity index is 1.75. The third-order valence-electron chi connectivity index (χ3n) is 4.40. The Bertz CT molecular complexity index is 903. The molecule has 3 aromatic rings. The molecule has 0 spiro atoms. The van der Waals surface area contributed by atoms with Crippen LogP contribution in [0.15, 0.2) is 42.5 Å². The van der Waals surface area contributed by atoms with Gasteiger partial charge in [0.25, 0.3) is 0 Å². The second-order valence-electron chi connectivity index (χ2n) is 6.90. The molecule has 0 aliphatic heterocycles. The SMILES string of the molecule is CCCCc1ccc(Nc2nc(C)nc(Nc3ccc(C)cc3C)n2)cc1. The number of rotatable bonds is 7. The van der Waals surface area contributed by atoms with E-state index in [0.29, 0.717) is 17.7 Å². The van der Waals surface area contributed by atoms with Crippen LogP contribution in [0, 0.1) is 20.8 Å². The highest BCUT2D eigenvalue weighted by molar-refractivity contribution is 5.60. The van der Waals surface area contributed by atoms with Crippen molar-refractivity contribution in [2.75, 3.05) is 10.6 Å². The van der Waals surface area contributed by atoms with Crippen molar-refractivity contribution in [3.8, 4) is 0 Å². The van der Waals surface area contributed by atoms with Crippen LogP contribution >= 0.6 is 0 Å². The molecule has 27 heavy (non-hydrogen) atoms. The summed E-state index contributed by atoms with van der Waals surface area (Å²) in [7, 11) is 0. The van der Waals surface area contributed by atoms with Gasteiger partial charge in [-0.15, -0.1) is 0 Å². The maximum atomic E-state index is 4.52. The highest BCUT2D eigenvalue weighted by Gasteiger charge is 2.07. The van der Waals surface area contributed by atoms with E-state index in [4.69, 9.17) is 0 Å². The van der Waals surface area contributed by atoms with Gasteiger partial charge in [0.2, 0.25) is 11.9 Å². The lowest BCUT2D eigenvalue weighted by Gasteiger charge is -2.11. The van der Waals surface area contributed by atoms with Crippen molar-refractivity contribution in [1.29, 1.82) is 0 Å². The molecule has 5 heteroatoms. The van der Waals surface area contributed by atoms with Gasteiger partial charge in [-0.2, -0.15) is 15.0 Å². The summed E-state index contributed by atoms with van der Waals surface area (Å²) in [6.45, 7) is 8.23. The number of unbranched alkanes of at least 4 members (excludes halogenated alkanes) is 1. The molecule has 0 saturated heterocycles. The summed E-state index contributed by atoms with van der Waals surface area (Å²) >= 11 is 0. The number of nitrogens with zero attached hydrogens (tertiary/aromatic N) is 3. The molecule has 1 aromatic heterocycles. The number of anilines is 4. The quantitative estimate of drug-likeness (QED) is 0.571. The normalized spacial score (nSPS) is 10.7. The predicted octanol–water partition coefficient (Wildman–Crippen LogP) is 5.63. The van der Waals surface area contributed by atoms with E-state index < -0.39 is 0 Å². The fourth-order valence-electron chi connectivity index (χ4n) is 2.93. The molecule has 1 heterocycles. The Morgan fingerprint density at radius 2 is 1.52 bits per heavy atom. The van der Waals surface area contributed by atoms with Crippen LogP contribution in [0.4, 0.5) is 23.3 Å². The minimum Gasteiger partial charge on any atom is -0.324 e. The summed E-state index contributed by atoms with van der Waals surface area (Å²) in [5.41, 5.74) is 5.71.